The lowest BCUT2D eigenvalue weighted by Crippen LogP contribution is -2.35. The number of hydrogen-bond donors (Lipinski definition) is 2. The van der Waals surface area contributed by atoms with Gasteiger partial charge in [0, 0.05) is 42.0 Å². The minimum absolute atomic E-state index is 0.305. The summed E-state index contributed by atoms with van der Waals surface area (Å²) in [5.74, 6) is -0.334. The normalized spacial score (nSPS) is 15.2. The summed E-state index contributed by atoms with van der Waals surface area (Å²) in [6.45, 7) is 3.99. The summed E-state index contributed by atoms with van der Waals surface area (Å²) >= 11 is 1.38. The molecule has 1 fully saturated rings. The molecule has 0 bridgehead atoms. The molecule has 134 valence electrons. The largest absolute Gasteiger partial charge is 0.379 e. The molecule has 1 amide bonds. The lowest BCUT2D eigenvalue weighted by Gasteiger charge is -2.25. The molecule has 4 rings (SSSR count). The van der Waals surface area contributed by atoms with Crippen LogP contribution in [0.1, 0.15) is 16.1 Å². The van der Waals surface area contributed by atoms with Gasteiger partial charge < -0.3 is 9.72 Å². The van der Waals surface area contributed by atoms with Gasteiger partial charge in [0.25, 0.3) is 5.91 Å². The number of carbonyl (C=O) groups excluding carboxylic acids is 1. The van der Waals surface area contributed by atoms with Crippen LogP contribution in [0.15, 0.2) is 40.5 Å². The molecule has 0 aliphatic carbocycles. The monoisotopic (exact) mass is 370 g/mol. The fourth-order valence-corrected chi connectivity index (χ4v) is 3.68. The topological polar surface area (TPSA) is 87.3 Å². The van der Waals surface area contributed by atoms with Gasteiger partial charge in [-0.25, -0.2) is 4.98 Å². The summed E-state index contributed by atoms with van der Waals surface area (Å²) in [4.78, 5) is 34.0. The lowest BCUT2D eigenvalue weighted by atomic mass is 10.1. The van der Waals surface area contributed by atoms with Crippen molar-refractivity contribution in [2.24, 2.45) is 0 Å². The number of thiazole rings is 1. The van der Waals surface area contributed by atoms with Crippen molar-refractivity contribution in [1.82, 2.24) is 14.9 Å². The van der Waals surface area contributed by atoms with E-state index in [2.05, 4.69) is 20.2 Å². The lowest BCUT2D eigenvalue weighted by molar-refractivity contribution is 0.0337. The number of H-pyrrole nitrogens is 1. The van der Waals surface area contributed by atoms with E-state index in [0.29, 0.717) is 21.6 Å². The van der Waals surface area contributed by atoms with Crippen LogP contribution in [0, 0.1) is 0 Å². The number of aromatic amines is 1. The SMILES string of the molecule is O=C(Nc1nc(CN2CCOCC2)cs1)c1cc(=O)[nH]c2ccccc12. The van der Waals surface area contributed by atoms with Crippen LogP contribution < -0.4 is 10.9 Å². The van der Waals surface area contributed by atoms with Gasteiger partial charge in [0.1, 0.15) is 0 Å². The van der Waals surface area contributed by atoms with Crippen molar-refractivity contribution in [3.8, 4) is 0 Å². The molecule has 0 atom stereocenters. The summed E-state index contributed by atoms with van der Waals surface area (Å²) < 4.78 is 5.34. The van der Waals surface area contributed by atoms with Crippen molar-refractivity contribution >= 4 is 33.3 Å². The number of para-hydroxylation sites is 1. The van der Waals surface area contributed by atoms with E-state index in [0.717, 1.165) is 38.5 Å². The van der Waals surface area contributed by atoms with Crippen molar-refractivity contribution in [2.45, 2.75) is 6.54 Å². The molecule has 0 unspecified atom stereocenters. The standard InChI is InChI=1S/C18H18N4O3S/c23-16-9-14(13-3-1-2-4-15(13)20-16)17(24)21-18-19-12(11-26-18)10-22-5-7-25-8-6-22/h1-4,9,11H,5-8,10H2,(H,20,23)(H,19,21,24). The number of pyridine rings is 1. The van der Waals surface area contributed by atoms with Crippen LogP contribution in [0.25, 0.3) is 10.9 Å². The van der Waals surface area contributed by atoms with Gasteiger partial charge in [0.05, 0.1) is 24.5 Å². The smallest absolute Gasteiger partial charge is 0.258 e. The van der Waals surface area contributed by atoms with Gasteiger partial charge in [0.15, 0.2) is 5.13 Å². The van der Waals surface area contributed by atoms with E-state index in [-0.39, 0.29) is 11.5 Å². The van der Waals surface area contributed by atoms with Gasteiger partial charge in [-0.05, 0) is 6.07 Å². The van der Waals surface area contributed by atoms with Crippen LogP contribution in [0.4, 0.5) is 5.13 Å². The highest BCUT2D eigenvalue weighted by Crippen LogP contribution is 2.20. The Morgan fingerprint density at radius 2 is 2.12 bits per heavy atom. The Hall–Kier alpha value is -2.55. The summed E-state index contributed by atoms with van der Waals surface area (Å²) in [6, 6.07) is 8.56. The average Bonchev–Trinajstić information content (AvgIpc) is 3.08. The van der Waals surface area contributed by atoms with Gasteiger partial charge >= 0.3 is 0 Å². The molecular formula is C18H18N4O3S. The molecule has 1 saturated heterocycles. The number of ether oxygens (including phenoxy) is 1. The molecule has 7 nitrogen and oxygen atoms in total. The minimum atomic E-state index is -0.334. The quantitative estimate of drug-likeness (QED) is 0.734. The van der Waals surface area contributed by atoms with Gasteiger partial charge in [-0.2, -0.15) is 0 Å². The second-order valence-corrected chi connectivity index (χ2v) is 6.94. The zero-order valence-corrected chi connectivity index (χ0v) is 14.8. The van der Waals surface area contributed by atoms with E-state index >= 15 is 0 Å². The zero-order valence-electron chi connectivity index (χ0n) is 14.0. The van der Waals surface area contributed by atoms with Crippen LogP contribution in [0.5, 0.6) is 0 Å². The maximum Gasteiger partial charge on any atom is 0.258 e. The highest BCUT2D eigenvalue weighted by Gasteiger charge is 2.15. The van der Waals surface area contributed by atoms with Crippen LogP contribution in [0.3, 0.4) is 0 Å². The molecule has 1 aliphatic rings. The molecule has 3 aromatic rings. The molecule has 8 heteroatoms. The Labute approximate surface area is 153 Å². The van der Waals surface area contributed by atoms with E-state index < -0.39 is 0 Å². The number of benzene rings is 1. The third-order valence-electron chi connectivity index (χ3n) is 4.26. The van der Waals surface area contributed by atoms with Crippen molar-refractivity contribution < 1.29 is 9.53 Å². The summed E-state index contributed by atoms with van der Waals surface area (Å²) in [5, 5.41) is 5.99. The van der Waals surface area contributed by atoms with E-state index in [1.807, 2.05) is 23.6 Å². The number of rotatable bonds is 4. The Bertz CT molecular complexity index is 991. The van der Waals surface area contributed by atoms with Crippen LogP contribution >= 0.6 is 11.3 Å². The Morgan fingerprint density at radius 3 is 2.96 bits per heavy atom. The van der Waals surface area contributed by atoms with Gasteiger partial charge in [-0.3, -0.25) is 19.8 Å². The molecule has 1 aliphatic heterocycles. The first-order valence-electron chi connectivity index (χ1n) is 8.37. The maximum atomic E-state index is 12.7. The number of fused-ring (bicyclic) bond motifs is 1. The highest BCUT2D eigenvalue weighted by molar-refractivity contribution is 7.14. The van der Waals surface area contributed by atoms with Gasteiger partial charge in [0.2, 0.25) is 5.56 Å². The number of amides is 1. The number of nitrogens with one attached hydrogen (secondary N) is 2. The maximum absolute atomic E-state index is 12.7. The second-order valence-electron chi connectivity index (χ2n) is 6.08. The van der Waals surface area contributed by atoms with E-state index in [4.69, 9.17) is 4.74 Å². The van der Waals surface area contributed by atoms with Crippen LogP contribution in [-0.4, -0.2) is 47.1 Å². The number of anilines is 1. The van der Waals surface area contributed by atoms with Crippen molar-refractivity contribution in [2.75, 3.05) is 31.6 Å². The minimum Gasteiger partial charge on any atom is -0.379 e. The number of nitrogens with zero attached hydrogens (tertiary/aromatic N) is 2. The van der Waals surface area contributed by atoms with E-state index in [1.165, 1.54) is 17.4 Å². The molecule has 0 saturated carbocycles. The van der Waals surface area contributed by atoms with E-state index in [1.54, 1.807) is 6.07 Å². The molecule has 1 aromatic carbocycles. The first-order valence-corrected chi connectivity index (χ1v) is 9.25. The van der Waals surface area contributed by atoms with Crippen LogP contribution in [0.2, 0.25) is 0 Å². The number of morpholine rings is 1. The number of aromatic nitrogens is 2. The summed E-state index contributed by atoms with van der Waals surface area (Å²) in [6.07, 6.45) is 0. The zero-order chi connectivity index (χ0) is 17.9. The average molecular weight is 370 g/mol. The molecule has 3 heterocycles. The second kappa shape index (κ2) is 7.36. The molecule has 26 heavy (non-hydrogen) atoms. The molecule has 2 N–H and O–H groups in total. The Kier molecular flexibility index (Phi) is 4.79. The summed E-state index contributed by atoms with van der Waals surface area (Å²) in [5.41, 5.74) is 1.59. The number of carbonyl (C=O) groups is 1. The van der Waals surface area contributed by atoms with Gasteiger partial charge in [-0.15, -0.1) is 11.3 Å². The molecule has 0 spiro atoms. The third-order valence-corrected chi connectivity index (χ3v) is 5.06. The van der Waals surface area contributed by atoms with Crippen LogP contribution in [-0.2, 0) is 11.3 Å². The fourth-order valence-electron chi connectivity index (χ4n) is 2.98. The first kappa shape index (κ1) is 16.9. The van der Waals surface area contributed by atoms with E-state index in [9.17, 15) is 9.59 Å². The predicted octanol–water partition coefficient (Wildman–Crippen LogP) is 2.07. The fraction of sp³-hybridized carbons (Fsp3) is 0.278. The highest BCUT2D eigenvalue weighted by atomic mass is 32.1. The molecule has 0 radical (unpaired) electrons. The Morgan fingerprint density at radius 1 is 1.31 bits per heavy atom. The van der Waals surface area contributed by atoms with Crippen molar-refractivity contribution in [3.05, 3.63) is 57.3 Å². The molecular weight excluding hydrogens is 352 g/mol. The summed E-state index contributed by atoms with van der Waals surface area (Å²) in [7, 11) is 0. The predicted molar refractivity (Wildman–Crippen MR) is 101 cm³/mol. The third kappa shape index (κ3) is 3.67. The first-order chi connectivity index (χ1) is 12.7. The van der Waals surface area contributed by atoms with Crippen molar-refractivity contribution in [1.29, 1.82) is 0 Å². The number of hydrogen-bond acceptors (Lipinski definition) is 6. The van der Waals surface area contributed by atoms with Crippen molar-refractivity contribution in [3.63, 3.8) is 0 Å². The molecule has 2 aromatic heterocycles. The van der Waals surface area contributed by atoms with Gasteiger partial charge in [-0.1, -0.05) is 18.2 Å². The Balaban J connectivity index is 1.51.